The zero-order valence-corrected chi connectivity index (χ0v) is 39.2. The Labute approximate surface area is 378 Å². The molecule has 1 saturated carbocycles. The number of ether oxygens (including phenoxy) is 2. The van der Waals surface area contributed by atoms with Gasteiger partial charge < -0.3 is 39.9 Å². The Hall–Kier alpha value is -2.71. The summed E-state index contributed by atoms with van der Waals surface area (Å²) in [5.74, 6) is -1.23. The predicted octanol–water partition coefficient (Wildman–Crippen LogP) is 9.50. The van der Waals surface area contributed by atoms with Gasteiger partial charge in [0.15, 0.2) is 6.10 Å². The van der Waals surface area contributed by atoms with Gasteiger partial charge in [-0.2, -0.15) is 0 Å². The van der Waals surface area contributed by atoms with Gasteiger partial charge in [0.2, 0.25) is 0 Å². The number of aliphatic hydroxyl groups excluding tert-OH is 5. The maximum absolute atomic E-state index is 12.8. The number of aliphatic hydroxyl groups is 5. The van der Waals surface area contributed by atoms with Crippen molar-refractivity contribution in [2.75, 3.05) is 13.2 Å². The van der Waals surface area contributed by atoms with E-state index in [4.69, 9.17) is 18.5 Å². The topological polar surface area (TPSA) is 210 Å². The summed E-state index contributed by atoms with van der Waals surface area (Å²) in [6, 6.07) is 0. The lowest BCUT2D eigenvalue weighted by Gasteiger charge is -2.41. The van der Waals surface area contributed by atoms with Gasteiger partial charge in [0.05, 0.1) is 6.61 Å². The van der Waals surface area contributed by atoms with Gasteiger partial charge in [-0.3, -0.25) is 18.6 Å². The predicted molar refractivity (Wildman–Crippen MR) is 249 cm³/mol. The van der Waals surface area contributed by atoms with Crippen molar-refractivity contribution in [2.24, 2.45) is 0 Å². The van der Waals surface area contributed by atoms with Crippen molar-refractivity contribution in [1.29, 1.82) is 0 Å². The van der Waals surface area contributed by atoms with Crippen LogP contribution in [0.4, 0.5) is 0 Å². The number of phosphoric ester groups is 1. The molecule has 13 nitrogen and oxygen atoms in total. The molecule has 0 aromatic rings. The van der Waals surface area contributed by atoms with Crippen LogP contribution in [-0.4, -0.2) is 98.3 Å². The molecule has 1 aliphatic carbocycles. The molecule has 6 unspecified atom stereocenters. The lowest BCUT2D eigenvalue weighted by Crippen LogP contribution is -2.64. The molecule has 6 atom stereocenters. The third-order valence-electron chi connectivity index (χ3n) is 10.5. The van der Waals surface area contributed by atoms with Crippen molar-refractivity contribution in [1.82, 2.24) is 0 Å². The summed E-state index contributed by atoms with van der Waals surface area (Å²) in [4.78, 5) is 35.7. The quantitative estimate of drug-likeness (QED) is 0.0148. The van der Waals surface area contributed by atoms with Gasteiger partial charge in [-0.25, -0.2) is 4.57 Å². The van der Waals surface area contributed by atoms with Crippen LogP contribution in [0.3, 0.4) is 0 Å². The van der Waals surface area contributed by atoms with Crippen LogP contribution in [0.1, 0.15) is 168 Å². The first-order valence-corrected chi connectivity index (χ1v) is 25.2. The lowest BCUT2D eigenvalue weighted by molar-refractivity contribution is -0.220. The van der Waals surface area contributed by atoms with E-state index in [0.717, 1.165) is 38.5 Å². The van der Waals surface area contributed by atoms with Gasteiger partial charge in [-0.15, -0.1) is 0 Å². The van der Waals surface area contributed by atoms with Crippen molar-refractivity contribution >= 4 is 19.8 Å². The third-order valence-corrected chi connectivity index (χ3v) is 11.5. The Bertz CT molecular complexity index is 1380. The van der Waals surface area contributed by atoms with Gasteiger partial charge in [-0.05, 0) is 77.0 Å². The van der Waals surface area contributed by atoms with Crippen molar-refractivity contribution < 1.29 is 63.1 Å². The zero-order valence-electron chi connectivity index (χ0n) is 38.3. The SMILES string of the molecule is CCCCCCCCC=CCC=CCC=CCCCC(=O)OCC(COP(=O)(O)OC1C(O)C(O)C(O)C(O)C1O)OC(=O)CCCC=CCC=CCC=CCCCCCCCC. The van der Waals surface area contributed by atoms with Crippen molar-refractivity contribution in [3.05, 3.63) is 72.9 Å². The Morgan fingerprint density at radius 2 is 0.857 bits per heavy atom. The minimum absolute atomic E-state index is 0.0113. The Morgan fingerprint density at radius 1 is 0.492 bits per heavy atom. The number of hydrogen-bond acceptors (Lipinski definition) is 12. The van der Waals surface area contributed by atoms with E-state index in [1.54, 1.807) is 0 Å². The first kappa shape index (κ1) is 58.3. The molecule has 1 fully saturated rings. The Kier molecular flexibility index (Phi) is 35.7. The molecule has 0 aromatic carbocycles. The molecule has 0 amide bonds. The largest absolute Gasteiger partial charge is 0.472 e. The van der Waals surface area contributed by atoms with E-state index in [1.807, 2.05) is 24.3 Å². The monoisotopic (exact) mass is 911 g/mol. The van der Waals surface area contributed by atoms with Gasteiger partial charge in [0, 0.05) is 12.8 Å². The second-order valence-corrected chi connectivity index (χ2v) is 17.7. The van der Waals surface area contributed by atoms with E-state index in [-0.39, 0.29) is 12.8 Å². The molecule has 1 aliphatic rings. The standard InChI is InChI=1S/C49H83O13P/c1-3-5-7-9-11-13-15-17-19-21-23-25-27-29-31-33-35-37-42(50)59-39-41(40-60-63(57,58)62-49-47(55)45(53)44(52)46(54)48(49)56)61-43(51)38-36-34-32-30-28-26-24-22-20-18-16-14-12-10-8-6-4-2/h17-20,23-26,29-32,41,44-49,52-56H,3-16,21-22,27-28,33-40H2,1-2H3,(H,57,58). The lowest BCUT2D eigenvalue weighted by atomic mass is 9.85. The van der Waals surface area contributed by atoms with E-state index in [1.165, 1.54) is 77.0 Å². The normalized spacial score (nSPS) is 22.3. The van der Waals surface area contributed by atoms with E-state index >= 15 is 0 Å². The number of carbonyl (C=O) groups is 2. The third kappa shape index (κ3) is 31.0. The molecular formula is C49H83O13P. The van der Waals surface area contributed by atoms with Crippen molar-refractivity contribution in [3.8, 4) is 0 Å². The molecule has 0 bridgehead atoms. The summed E-state index contributed by atoms with van der Waals surface area (Å²) in [6.45, 7) is 3.19. The number of allylic oxidation sites excluding steroid dienone is 12. The van der Waals surface area contributed by atoms with E-state index in [9.17, 15) is 44.6 Å². The molecule has 0 aromatic heterocycles. The van der Waals surface area contributed by atoms with Crippen LogP contribution in [0, 0.1) is 0 Å². The molecule has 0 heterocycles. The minimum Gasteiger partial charge on any atom is -0.462 e. The second kappa shape index (κ2) is 38.5. The summed E-state index contributed by atoms with van der Waals surface area (Å²) in [5.41, 5.74) is 0. The van der Waals surface area contributed by atoms with Crippen LogP contribution < -0.4 is 0 Å². The van der Waals surface area contributed by atoms with Crippen LogP contribution in [0.15, 0.2) is 72.9 Å². The smallest absolute Gasteiger partial charge is 0.462 e. The van der Waals surface area contributed by atoms with Gasteiger partial charge in [0.25, 0.3) is 0 Å². The number of esters is 2. The summed E-state index contributed by atoms with van der Waals surface area (Å²) >= 11 is 0. The maximum Gasteiger partial charge on any atom is 0.472 e. The van der Waals surface area contributed by atoms with Gasteiger partial charge >= 0.3 is 19.8 Å². The number of hydrogen-bond donors (Lipinski definition) is 6. The molecular weight excluding hydrogens is 827 g/mol. The Balaban J connectivity index is 2.53. The molecule has 1 rings (SSSR count). The highest BCUT2D eigenvalue weighted by Crippen LogP contribution is 2.47. The first-order chi connectivity index (χ1) is 30.4. The van der Waals surface area contributed by atoms with Crippen molar-refractivity contribution in [3.63, 3.8) is 0 Å². The van der Waals surface area contributed by atoms with Crippen LogP contribution in [0.5, 0.6) is 0 Å². The van der Waals surface area contributed by atoms with Crippen LogP contribution in [0.25, 0.3) is 0 Å². The number of rotatable bonds is 38. The molecule has 0 spiro atoms. The van der Waals surface area contributed by atoms with Crippen LogP contribution in [0.2, 0.25) is 0 Å². The van der Waals surface area contributed by atoms with Crippen LogP contribution in [-0.2, 0) is 32.7 Å². The van der Waals surface area contributed by atoms with E-state index in [2.05, 4.69) is 62.5 Å². The second-order valence-electron chi connectivity index (χ2n) is 16.3. The fraction of sp³-hybridized carbons (Fsp3) is 0.714. The number of phosphoric acid groups is 1. The van der Waals surface area contributed by atoms with Crippen molar-refractivity contribution in [2.45, 2.75) is 211 Å². The summed E-state index contributed by atoms with van der Waals surface area (Å²) in [6.07, 6.45) is 35.4. The van der Waals surface area contributed by atoms with E-state index < -0.39 is 75.7 Å². The Morgan fingerprint density at radius 3 is 1.30 bits per heavy atom. The average Bonchev–Trinajstić information content (AvgIpc) is 3.26. The van der Waals surface area contributed by atoms with Gasteiger partial charge in [0.1, 0.15) is 43.2 Å². The maximum atomic E-state index is 12.8. The molecule has 14 heteroatoms. The zero-order chi connectivity index (χ0) is 46.4. The number of unbranched alkanes of at least 4 members (excludes halogenated alkanes) is 14. The highest BCUT2D eigenvalue weighted by atomic mass is 31.2. The van der Waals surface area contributed by atoms with Crippen LogP contribution >= 0.6 is 7.82 Å². The highest BCUT2D eigenvalue weighted by Gasteiger charge is 2.51. The molecule has 0 radical (unpaired) electrons. The fourth-order valence-electron chi connectivity index (χ4n) is 6.67. The highest BCUT2D eigenvalue weighted by molar-refractivity contribution is 7.47. The summed E-state index contributed by atoms with van der Waals surface area (Å²) < 4.78 is 33.4. The molecule has 0 saturated heterocycles. The summed E-state index contributed by atoms with van der Waals surface area (Å²) in [5, 5.41) is 50.1. The average molecular weight is 911 g/mol. The molecule has 0 aliphatic heterocycles. The van der Waals surface area contributed by atoms with E-state index in [0.29, 0.717) is 25.7 Å². The first-order valence-electron chi connectivity index (χ1n) is 23.7. The molecule has 63 heavy (non-hydrogen) atoms. The molecule has 6 N–H and O–H groups in total. The summed E-state index contributed by atoms with van der Waals surface area (Å²) in [7, 11) is -5.15. The van der Waals surface area contributed by atoms with Gasteiger partial charge in [-0.1, -0.05) is 151 Å². The minimum atomic E-state index is -5.15. The number of carbonyl (C=O) groups excluding carboxylic acids is 2. The fourth-order valence-corrected chi connectivity index (χ4v) is 7.64. The molecule has 362 valence electrons.